The average molecular weight is 351 g/mol. The van der Waals surface area contributed by atoms with E-state index in [9.17, 15) is 23.2 Å². The van der Waals surface area contributed by atoms with E-state index in [4.69, 9.17) is 4.74 Å². The average Bonchev–Trinajstić information content (AvgIpc) is 2.56. The number of rotatable bonds is 4. The largest absolute Gasteiger partial charge is 0.455 e. The molecule has 3 atom stereocenters. The van der Waals surface area contributed by atoms with Crippen molar-refractivity contribution in [2.75, 3.05) is 11.9 Å². The second kappa shape index (κ2) is 7.29. The number of hydrogen-bond acceptors (Lipinski definition) is 4. The Hall–Kier alpha value is -2.31. The number of benzene rings is 1. The Labute approximate surface area is 143 Å². The van der Waals surface area contributed by atoms with E-state index < -0.39 is 30.1 Å². The predicted molar refractivity (Wildman–Crippen MR) is 84.5 cm³/mol. The molecule has 5 nitrogen and oxygen atoms in total. The molecule has 1 N–H and O–H groups in total. The standard InChI is InChI=1S/C18H19F2NO4/c19-14-5-4-13(8-15(14)20)21-16(22)9-25-18(24)12-6-10-2-1-3-11(7-12)17(10)23/h4-5,8,10-12H,1-3,6-7,9H2,(H,21,22)/t10-,11+,12?. The first-order chi connectivity index (χ1) is 11.9. The summed E-state index contributed by atoms with van der Waals surface area (Å²) in [6.45, 7) is -0.502. The summed E-state index contributed by atoms with van der Waals surface area (Å²) >= 11 is 0. The fourth-order valence-electron chi connectivity index (χ4n) is 3.70. The van der Waals surface area contributed by atoms with Gasteiger partial charge in [-0.2, -0.15) is 0 Å². The summed E-state index contributed by atoms with van der Waals surface area (Å²) in [5.41, 5.74) is 0.0812. The summed E-state index contributed by atoms with van der Waals surface area (Å²) in [7, 11) is 0. The Kier molecular flexibility index (Phi) is 5.11. The third-order valence-corrected chi connectivity index (χ3v) is 4.93. The summed E-state index contributed by atoms with van der Waals surface area (Å²) in [5, 5.41) is 2.34. The van der Waals surface area contributed by atoms with Crippen LogP contribution in [0.4, 0.5) is 14.5 Å². The summed E-state index contributed by atoms with van der Waals surface area (Å²) in [6.07, 6.45) is 3.61. The fraction of sp³-hybridized carbons (Fsp3) is 0.500. The van der Waals surface area contributed by atoms with Crippen molar-refractivity contribution in [3.8, 4) is 0 Å². The first-order valence-electron chi connectivity index (χ1n) is 8.39. The Morgan fingerprint density at radius 1 is 1.12 bits per heavy atom. The van der Waals surface area contributed by atoms with Crippen molar-refractivity contribution >= 4 is 23.3 Å². The molecule has 1 amide bonds. The van der Waals surface area contributed by atoms with Gasteiger partial charge in [-0.15, -0.1) is 0 Å². The molecule has 0 aromatic heterocycles. The molecule has 0 radical (unpaired) electrons. The van der Waals surface area contributed by atoms with Crippen LogP contribution in [0.3, 0.4) is 0 Å². The van der Waals surface area contributed by atoms with Crippen molar-refractivity contribution in [1.29, 1.82) is 0 Å². The third kappa shape index (κ3) is 4.03. The molecule has 0 aliphatic heterocycles. The van der Waals surface area contributed by atoms with Crippen molar-refractivity contribution in [2.45, 2.75) is 32.1 Å². The van der Waals surface area contributed by atoms with Gasteiger partial charge in [-0.1, -0.05) is 6.42 Å². The number of carbonyl (C=O) groups is 3. The number of halogens is 2. The molecule has 2 saturated carbocycles. The van der Waals surface area contributed by atoms with Gasteiger partial charge in [-0.05, 0) is 37.8 Å². The zero-order valence-corrected chi connectivity index (χ0v) is 13.6. The van der Waals surface area contributed by atoms with Gasteiger partial charge in [0.2, 0.25) is 0 Å². The number of ketones is 1. The summed E-state index contributed by atoms with van der Waals surface area (Å²) in [4.78, 5) is 36.0. The van der Waals surface area contributed by atoms with E-state index >= 15 is 0 Å². The lowest BCUT2D eigenvalue weighted by atomic mass is 9.67. The van der Waals surface area contributed by atoms with Crippen LogP contribution in [-0.2, 0) is 19.1 Å². The van der Waals surface area contributed by atoms with Crippen LogP contribution in [0.2, 0.25) is 0 Å². The lowest BCUT2D eigenvalue weighted by Crippen LogP contribution is -2.40. The molecule has 3 rings (SSSR count). The molecule has 2 bridgehead atoms. The fourth-order valence-corrected chi connectivity index (χ4v) is 3.70. The summed E-state index contributed by atoms with van der Waals surface area (Å²) in [5.74, 6) is -3.44. The minimum absolute atomic E-state index is 0.0685. The van der Waals surface area contributed by atoms with Gasteiger partial charge in [-0.25, -0.2) is 8.78 Å². The van der Waals surface area contributed by atoms with E-state index in [1.165, 1.54) is 6.07 Å². The highest BCUT2D eigenvalue weighted by Gasteiger charge is 2.41. The second-order valence-corrected chi connectivity index (χ2v) is 6.68. The summed E-state index contributed by atoms with van der Waals surface area (Å²) < 4.78 is 31.0. The summed E-state index contributed by atoms with van der Waals surface area (Å²) in [6, 6.07) is 2.96. The number of Topliss-reactive ketones (excluding diaryl/α,β-unsaturated/α-hetero) is 1. The second-order valence-electron chi connectivity index (χ2n) is 6.68. The lowest BCUT2D eigenvalue weighted by Gasteiger charge is -2.36. The molecule has 1 aromatic carbocycles. The van der Waals surface area contributed by atoms with Gasteiger partial charge in [0.1, 0.15) is 5.78 Å². The minimum Gasteiger partial charge on any atom is -0.455 e. The maximum atomic E-state index is 13.1. The monoisotopic (exact) mass is 351 g/mol. The van der Waals surface area contributed by atoms with E-state index in [2.05, 4.69) is 5.32 Å². The molecule has 0 saturated heterocycles. The van der Waals surface area contributed by atoms with E-state index in [0.717, 1.165) is 31.4 Å². The predicted octanol–water partition coefficient (Wildman–Crippen LogP) is 2.84. The smallest absolute Gasteiger partial charge is 0.309 e. The first kappa shape index (κ1) is 17.5. The Bertz CT molecular complexity index is 690. The van der Waals surface area contributed by atoms with Gasteiger partial charge in [0.25, 0.3) is 5.91 Å². The Morgan fingerprint density at radius 2 is 1.80 bits per heavy atom. The van der Waals surface area contributed by atoms with Crippen molar-refractivity contribution < 1.29 is 27.9 Å². The van der Waals surface area contributed by atoms with Crippen molar-refractivity contribution in [3.63, 3.8) is 0 Å². The van der Waals surface area contributed by atoms with Crippen LogP contribution < -0.4 is 5.32 Å². The molecular formula is C18H19F2NO4. The van der Waals surface area contributed by atoms with Gasteiger partial charge >= 0.3 is 5.97 Å². The molecule has 1 unspecified atom stereocenters. The van der Waals surface area contributed by atoms with E-state index in [-0.39, 0.29) is 29.2 Å². The molecule has 0 spiro atoms. The SMILES string of the molecule is O=C(COC(=O)C1C[C@H]2CCC[C@@H](C1)C2=O)Nc1ccc(F)c(F)c1. The van der Waals surface area contributed by atoms with Crippen LogP contribution in [0.5, 0.6) is 0 Å². The Balaban J connectivity index is 1.49. The van der Waals surface area contributed by atoms with E-state index in [0.29, 0.717) is 12.8 Å². The molecule has 2 aliphatic rings. The first-order valence-corrected chi connectivity index (χ1v) is 8.39. The van der Waals surface area contributed by atoms with Gasteiger partial charge < -0.3 is 10.1 Å². The van der Waals surface area contributed by atoms with Crippen LogP contribution in [-0.4, -0.2) is 24.3 Å². The van der Waals surface area contributed by atoms with Gasteiger partial charge in [0.15, 0.2) is 18.2 Å². The number of carbonyl (C=O) groups excluding carboxylic acids is 3. The quantitative estimate of drug-likeness (QED) is 0.847. The molecule has 1 aromatic rings. The number of ether oxygens (including phenoxy) is 1. The zero-order valence-electron chi connectivity index (χ0n) is 13.6. The van der Waals surface area contributed by atoms with Gasteiger partial charge in [-0.3, -0.25) is 14.4 Å². The maximum Gasteiger partial charge on any atom is 0.309 e. The van der Waals surface area contributed by atoms with Crippen LogP contribution in [0.15, 0.2) is 18.2 Å². The van der Waals surface area contributed by atoms with Crippen LogP contribution in [0, 0.1) is 29.4 Å². The van der Waals surface area contributed by atoms with Gasteiger partial charge in [0.05, 0.1) is 5.92 Å². The van der Waals surface area contributed by atoms with Crippen molar-refractivity contribution in [3.05, 3.63) is 29.8 Å². The number of fused-ring (bicyclic) bond motifs is 2. The number of esters is 1. The van der Waals surface area contributed by atoms with Crippen LogP contribution >= 0.6 is 0 Å². The van der Waals surface area contributed by atoms with Crippen molar-refractivity contribution in [1.82, 2.24) is 0 Å². The molecule has 25 heavy (non-hydrogen) atoms. The molecule has 0 heterocycles. The number of hydrogen-bond donors (Lipinski definition) is 1. The highest BCUT2D eigenvalue weighted by molar-refractivity contribution is 5.93. The third-order valence-electron chi connectivity index (χ3n) is 4.93. The van der Waals surface area contributed by atoms with Gasteiger partial charge in [0, 0.05) is 23.6 Å². The normalized spacial score (nSPS) is 25.4. The topological polar surface area (TPSA) is 72.5 Å². The van der Waals surface area contributed by atoms with E-state index in [1.54, 1.807) is 0 Å². The van der Waals surface area contributed by atoms with Crippen molar-refractivity contribution in [2.24, 2.45) is 17.8 Å². The zero-order chi connectivity index (χ0) is 18.0. The minimum atomic E-state index is -1.08. The molecule has 7 heteroatoms. The lowest BCUT2D eigenvalue weighted by molar-refractivity contribution is -0.155. The molecule has 2 fully saturated rings. The highest BCUT2D eigenvalue weighted by Crippen LogP contribution is 2.40. The maximum absolute atomic E-state index is 13.1. The number of amides is 1. The molecule has 2 aliphatic carbocycles. The number of nitrogens with one attached hydrogen (secondary N) is 1. The molecular weight excluding hydrogens is 332 g/mol. The number of anilines is 1. The van der Waals surface area contributed by atoms with Crippen LogP contribution in [0.1, 0.15) is 32.1 Å². The Morgan fingerprint density at radius 3 is 2.44 bits per heavy atom. The highest BCUT2D eigenvalue weighted by atomic mass is 19.2. The van der Waals surface area contributed by atoms with E-state index in [1.807, 2.05) is 0 Å². The van der Waals surface area contributed by atoms with Crippen LogP contribution in [0.25, 0.3) is 0 Å². The molecule has 134 valence electrons.